The normalized spacial score (nSPS) is 12.1. The van der Waals surface area contributed by atoms with E-state index in [1.807, 2.05) is 24.3 Å². The lowest BCUT2D eigenvalue weighted by molar-refractivity contribution is -0.114. The average molecular weight is 650 g/mol. The Morgan fingerprint density at radius 3 is 2.24 bits per heavy atom. The van der Waals surface area contributed by atoms with Crippen LogP contribution in [0.15, 0.2) is 40.6 Å². The second-order valence-electron chi connectivity index (χ2n) is 12.3. The fraction of sp³-hybridized carbons (Fsp3) is 0.595. The van der Waals surface area contributed by atoms with Crippen molar-refractivity contribution in [3.05, 3.63) is 41.5 Å². The second kappa shape index (κ2) is 20.0. The summed E-state index contributed by atoms with van der Waals surface area (Å²) in [4.78, 5) is 32.1. The van der Waals surface area contributed by atoms with Crippen molar-refractivity contribution in [2.24, 2.45) is 16.1 Å². The van der Waals surface area contributed by atoms with E-state index in [4.69, 9.17) is 4.74 Å². The molecule has 1 aromatic heterocycles. The van der Waals surface area contributed by atoms with Gasteiger partial charge in [-0.05, 0) is 68.0 Å². The highest BCUT2D eigenvalue weighted by Crippen LogP contribution is 2.36. The molecule has 9 heteroatoms. The number of nitrogens with zero attached hydrogens (tertiary/aromatic N) is 4. The van der Waals surface area contributed by atoms with Crippen molar-refractivity contribution in [1.82, 2.24) is 4.98 Å². The molecule has 0 spiro atoms. The maximum atomic E-state index is 12.8. The Hall–Kier alpha value is -3.33. The number of esters is 1. The van der Waals surface area contributed by atoms with Crippen LogP contribution in [0.4, 0.5) is 22.2 Å². The molecule has 1 heterocycles. The zero-order chi connectivity index (χ0) is 33.3. The Labute approximate surface area is 280 Å². The van der Waals surface area contributed by atoms with Crippen LogP contribution in [0.25, 0.3) is 10.2 Å². The van der Waals surface area contributed by atoms with Gasteiger partial charge < -0.3 is 15.0 Å². The number of azo groups is 1. The number of hydrogen-bond donors (Lipinski definition) is 1. The Bertz CT molecular complexity index is 1410. The van der Waals surface area contributed by atoms with Crippen molar-refractivity contribution in [2.45, 2.75) is 119 Å². The van der Waals surface area contributed by atoms with Crippen LogP contribution in [0.1, 0.15) is 128 Å². The molecule has 1 unspecified atom stereocenters. The Morgan fingerprint density at radius 1 is 0.913 bits per heavy atom. The summed E-state index contributed by atoms with van der Waals surface area (Å²) < 4.78 is 6.50. The van der Waals surface area contributed by atoms with E-state index < -0.39 is 0 Å². The lowest BCUT2D eigenvalue weighted by Gasteiger charge is -2.28. The van der Waals surface area contributed by atoms with Crippen LogP contribution in [0.2, 0.25) is 0 Å². The first-order valence-corrected chi connectivity index (χ1v) is 18.3. The van der Waals surface area contributed by atoms with Gasteiger partial charge in [-0.25, -0.2) is 9.78 Å². The number of aryl methyl sites for hydroxylation is 1. The van der Waals surface area contributed by atoms with Gasteiger partial charge in [-0.1, -0.05) is 96.8 Å². The Kier molecular flexibility index (Phi) is 16.2. The van der Waals surface area contributed by atoms with Crippen molar-refractivity contribution < 1.29 is 14.3 Å². The molecule has 0 saturated heterocycles. The number of thiazole rings is 1. The molecular weight excluding hydrogens is 595 g/mol. The predicted molar refractivity (Wildman–Crippen MR) is 193 cm³/mol. The van der Waals surface area contributed by atoms with Gasteiger partial charge in [-0.15, -0.1) is 10.2 Å². The van der Waals surface area contributed by atoms with Gasteiger partial charge in [0.15, 0.2) is 0 Å². The smallest absolute Gasteiger partial charge is 0.338 e. The molecule has 0 aliphatic rings. The van der Waals surface area contributed by atoms with E-state index in [2.05, 4.69) is 60.0 Å². The molecule has 8 nitrogen and oxygen atoms in total. The number of anilines is 2. The van der Waals surface area contributed by atoms with Crippen LogP contribution < -0.4 is 10.2 Å². The van der Waals surface area contributed by atoms with Gasteiger partial charge in [0.05, 0.1) is 28.1 Å². The molecule has 0 saturated carbocycles. The lowest BCUT2D eigenvalue weighted by Crippen LogP contribution is -2.26. The summed E-state index contributed by atoms with van der Waals surface area (Å²) in [6, 6.07) is 9.45. The quantitative estimate of drug-likeness (QED) is 0.0703. The number of amides is 1. The van der Waals surface area contributed by atoms with E-state index in [0.29, 0.717) is 34.6 Å². The van der Waals surface area contributed by atoms with Crippen LogP contribution >= 0.6 is 11.3 Å². The van der Waals surface area contributed by atoms with E-state index in [9.17, 15) is 9.59 Å². The number of carbonyl (C=O) groups excluding carboxylic acids is 2. The molecule has 0 aliphatic carbocycles. The molecule has 3 aromatic rings. The zero-order valence-corrected chi connectivity index (χ0v) is 29.8. The minimum atomic E-state index is -0.311. The third kappa shape index (κ3) is 11.8. The largest absolute Gasteiger partial charge is 0.462 e. The van der Waals surface area contributed by atoms with Gasteiger partial charge in [-0.2, -0.15) is 0 Å². The molecule has 1 amide bonds. The number of unbranched alkanes of at least 4 members (excludes halogenated alkanes) is 7. The predicted octanol–water partition coefficient (Wildman–Crippen LogP) is 11.3. The van der Waals surface area contributed by atoms with Gasteiger partial charge >= 0.3 is 5.97 Å². The molecule has 1 N–H and O–H groups in total. The minimum Gasteiger partial charge on any atom is -0.462 e. The molecule has 0 bridgehead atoms. The number of nitrogens with one attached hydrogen (secondary N) is 1. The average Bonchev–Trinajstić information content (AvgIpc) is 3.46. The standard InChI is InChI=1S/C37H55N5O3S/c1-7-11-14-16-21-42(22-17-15-12-8-2)34-25-32(38-28(6)43)33(23-27(34)5)40-41-37-39-31-20-19-30(24-35(31)46-37)36(44)45-26-29(10-4)18-13-9-3/h19-20,23-25,29H,7-18,21-22,26H2,1-6H3,(H,38,43). The maximum Gasteiger partial charge on any atom is 0.338 e. The van der Waals surface area contributed by atoms with Crippen molar-refractivity contribution >= 4 is 55.6 Å². The zero-order valence-electron chi connectivity index (χ0n) is 29.0. The van der Waals surface area contributed by atoms with Gasteiger partial charge in [0, 0.05) is 25.7 Å². The molecule has 0 fully saturated rings. The van der Waals surface area contributed by atoms with Crippen LogP contribution in [-0.4, -0.2) is 36.6 Å². The summed E-state index contributed by atoms with van der Waals surface area (Å²) >= 11 is 1.37. The van der Waals surface area contributed by atoms with E-state index in [1.54, 1.807) is 6.07 Å². The molecule has 46 heavy (non-hydrogen) atoms. The van der Waals surface area contributed by atoms with Crippen LogP contribution in [0.3, 0.4) is 0 Å². The number of aromatic nitrogens is 1. The first-order valence-electron chi connectivity index (χ1n) is 17.5. The monoisotopic (exact) mass is 649 g/mol. The molecule has 3 rings (SSSR count). The third-order valence-corrected chi connectivity index (χ3v) is 9.28. The van der Waals surface area contributed by atoms with Gasteiger partial charge in [0.25, 0.3) is 0 Å². The molecule has 1 atom stereocenters. The van der Waals surface area contributed by atoms with Crippen LogP contribution in [0, 0.1) is 12.8 Å². The number of benzene rings is 2. The molecule has 0 radical (unpaired) electrons. The summed E-state index contributed by atoms with van der Waals surface area (Å²) in [5.41, 5.74) is 4.72. The Balaban J connectivity index is 1.81. The summed E-state index contributed by atoms with van der Waals surface area (Å²) in [6.07, 6.45) is 14.0. The van der Waals surface area contributed by atoms with Crippen molar-refractivity contribution in [3.63, 3.8) is 0 Å². The van der Waals surface area contributed by atoms with Gasteiger partial charge in [0.2, 0.25) is 11.0 Å². The van der Waals surface area contributed by atoms with Crippen LogP contribution in [0.5, 0.6) is 0 Å². The topological polar surface area (TPSA) is 96.3 Å². The first-order chi connectivity index (χ1) is 22.3. The SMILES string of the molecule is CCCCCCN(CCCCCC)c1cc(NC(C)=O)c(N=Nc2nc3ccc(C(=O)OCC(CC)CCCC)cc3s2)cc1C. The second-order valence-corrected chi connectivity index (χ2v) is 13.3. The fourth-order valence-electron chi connectivity index (χ4n) is 5.56. The summed E-state index contributed by atoms with van der Waals surface area (Å²) in [5, 5.41) is 12.5. The Morgan fingerprint density at radius 2 is 1.61 bits per heavy atom. The molecule has 2 aromatic carbocycles. The molecule has 252 valence electrons. The maximum absolute atomic E-state index is 12.8. The van der Waals surface area contributed by atoms with Crippen molar-refractivity contribution in [3.8, 4) is 0 Å². The van der Waals surface area contributed by atoms with E-state index in [-0.39, 0.29) is 11.9 Å². The van der Waals surface area contributed by atoms with Crippen molar-refractivity contribution in [2.75, 3.05) is 29.9 Å². The van der Waals surface area contributed by atoms with E-state index in [0.717, 1.165) is 73.1 Å². The van der Waals surface area contributed by atoms with E-state index >= 15 is 0 Å². The highest BCUT2D eigenvalue weighted by atomic mass is 32.1. The number of ether oxygens (including phenoxy) is 1. The lowest BCUT2D eigenvalue weighted by atomic mass is 10.0. The third-order valence-electron chi connectivity index (χ3n) is 8.38. The van der Waals surface area contributed by atoms with Crippen LogP contribution in [-0.2, 0) is 9.53 Å². The summed E-state index contributed by atoms with van der Waals surface area (Å²) in [6.45, 7) is 14.8. The highest BCUT2D eigenvalue weighted by Gasteiger charge is 2.16. The van der Waals surface area contributed by atoms with E-state index in [1.165, 1.54) is 56.8 Å². The van der Waals surface area contributed by atoms with Gasteiger partial charge in [0.1, 0.15) is 5.69 Å². The molecule has 0 aliphatic heterocycles. The highest BCUT2D eigenvalue weighted by molar-refractivity contribution is 7.21. The van der Waals surface area contributed by atoms with Crippen molar-refractivity contribution in [1.29, 1.82) is 0 Å². The summed E-state index contributed by atoms with van der Waals surface area (Å²) in [5.74, 6) is -0.0739. The number of hydrogen-bond acceptors (Lipinski definition) is 8. The number of rotatable bonds is 21. The first kappa shape index (κ1) is 37.1. The minimum absolute atomic E-state index is 0.154. The van der Waals surface area contributed by atoms with Gasteiger partial charge in [-0.3, -0.25) is 4.79 Å². The summed E-state index contributed by atoms with van der Waals surface area (Å²) in [7, 11) is 0. The molecular formula is C37H55N5O3S. The fourth-order valence-corrected chi connectivity index (χ4v) is 6.39. The number of carbonyl (C=O) groups is 2. The number of fused-ring (bicyclic) bond motifs is 1.